The lowest BCUT2D eigenvalue weighted by atomic mass is 10.1. The Morgan fingerprint density at radius 1 is 1.60 bits per heavy atom. The summed E-state index contributed by atoms with van der Waals surface area (Å²) in [7, 11) is 1.96. The third-order valence-corrected chi connectivity index (χ3v) is 3.75. The fourth-order valence-corrected chi connectivity index (χ4v) is 2.62. The number of rotatable bonds is 3. The molecule has 7 heteroatoms. The predicted molar refractivity (Wildman–Crippen MR) is 75.1 cm³/mol. The van der Waals surface area contributed by atoms with Gasteiger partial charge in [0.25, 0.3) is 0 Å². The largest absolute Gasteiger partial charge is 0.478 e. The van der Waals surface area contributed by atoms with Crippen molar-refractivity contribution in [1.82, 2.24) is 20.3 Å². The number of hydrogen-bond acceptors (Lipinski definition) is 5. The van der Waals surface area contributed by atoms with Crippen molar-refractivity contribution in [3.05, 3.63) is 18.0 Å². The number of nitrogens with one attached hydrogen (secondary N) is 2. The lowest BCUT2D eigenvalue weighted by Gasteiger charge is -2.33. The molecule has 7 nitrogen and oxygen atoms in total. The minimum atomic E-state index is -0.991. The third kappa shape index (κ3) is 2.20. The van der Waals surface area contributed by atoms with Crippen LogP contribution in [0.15, 0.2) is 12.4 Å². The summed E-state index contributed by atoms with van der Waals surface area (Å²) in [6.07, 6.45) is 5.36. The third-order valence-electron chi connectivity index (χ3n) is 3.75. The van der Waals surface area contributed by atoms with Gasteiger partial charge in [-0.15, -0.1) is 0 Å². The molecule has 1 atom stereocenters. The Morgan fingerprint density at radius 3 is 3.20 bits per heavy atom. The molecule has 0 aromatic carbocycles. The molecule has 1 fully saturated rings. The molecule has 0 radical (unpaired) electrons. The van der Waals surface area contributed by atoms with Crippen LogP contribution < -0.4 is 10.2 Å². The Labute approximate surface area is 116 Å². The van der Waals surface area contributed by atoms with Crippen molar-refractivity contribution >= 4 is 23.0 Å². The predicted octanol–water partition coefficient (Wildman–Crippen LogP) is 0.844. The maximum absolute atomic E-state index is 11.2. The van der Waals surface area contributed by atoms with Crippen molar-refractivity contribution in [2.24, 2.45) is 0 Å². The first kappa shape index (κ1) is 12.9. The van der Waals surface area contributed by atoms with E-state index in [0.717, 1.165) is 31.7 Å². The summed E-state index contributed by atoms with van der Waals surface area (Å²) in [5, 5.41) is 12.4. The highest BCUT2D eigenvalue weighted by atomic mass is 16.4. The summed E-state index contributed by atoms with van der Waals surface area (Å²) < 4.78 is 0. The van der Waals surface area contributed by atoms with Gasteiger partial charge in [-0.05, 0) is 19.9 Å². The number of anilines is 1. The number of nitrogens with zero attached hydrogens (tertiary/aromatic N) is 3. The fourth-order valence-electron chi connectivity index (χ4n) is 2.62. The summed E-state index contributed by atoms with van der Waals surface area (Å²) in [5.74, 6) is -0.256. The number of aromatic nitrogens is 3. The number of likely N-dealkylation sites (N-methyl/N-ethyl adjacent to an activating group) is 1. The van der Waals surface area contributed by atoms with Gasteiger partial charge in [0.2, 0.25) is 0 Å². The minimum Gasteiger partial charge on any atom is -0.478 e. The Bertz CT molecular complexity index is 639. The van der Waals surface area contributed by atoms with Gasteiger partial charge in [0, 0.05) is 25.3 Å². The van der Waals surface area contributed by atoms with Crippen LogP contribution >= 0.6 is 0 Å². The Balaban J connectivity index is 1.95. The van der Waals surface area contributed by atoms with E-state index in [1.54, 1.807) is 6.20 Å². The van der Waals surface area contributed by atoms with E-state index in [4.69, 9.17) is 5.11 Å². The van der Waals surface area contributed by atoms with Gasteiger partial charge in [-0.2, -0.15) is 0 Å². The number of piperidine rings is 1. The van der Waals surface area contributed by atoms with Crippen LogP contribution in [0.3, 0.4) is 0 Å². The van der Waals surface area contributed by atoms with Gasteiger partial charge in [-0.3, -0.25) is 0 Å². The highest BCUT2D eigenvalue weighted by Gasteiger charge is 2.21. The van der Waals surface area contributed by atoms with Gasteiger partial charge in [-0.25, -0.2) is 14.8 Å². The molecule has 0 bridgehead atoms. The molecule has 3 rings (SSSR count). The van der Waals surface area contributed by atoms with Gasteiger partial charge < -0.3 is 20.3 Å². The Morgan fingerprint density at radius 2 is 2.45 bits per heavy atom. The standard InChI is InChI=1S/C13H17N5O2/c1-14-8-3-2-4-18(7-8)10-6-16-12-11(17-10)9(5-15-12)13(19)20/h5-6,8,14H,2-4,7H2,1H3,(H,15,16)(H,19,20). The molecule has 0 spiro atoms. The van der Waals surface area contributed by atoms with E-state index >= 15 is 0 Å². The number of fused-ring (bicyclic) bond motifs is 1. The minimum absolute atomic E-state index is 0.163. The molecular weight excluding hydrogens is 258 g/mol. The first-order valence-electron chi connectivity index (χ1n) is 6.68. The molecule has 106 valence electrons. The SMILES string of the molecule is CNC1CCCN(c2cnc3[nH]cc(C(=O)O)c3n2)C1. The van der Waals surface area contributed by atoms with Gasteiger partial charge in [-0.1, -0.05) is 0 Å². The van der Waals surface area contributed by atoms with Crippen LogP contribution in [0.2, 0.25) is 0 Å². The van der Waals surface area contributed by atoms with Crippen LogP contribution in [-0.4, -0.2) is 52.2 Å². The van der Waals surface area contributed by atoms with Gasteiger partial charge in [0.05, 0.1) is 6.20 Å². The van der Waals surface area contributed by atoms with E-state index in [-0.39, 0.29) is 5.56 Å². The van der Waals surface area contributed by atoms with E-state index in [1.807, 2.05) is 7.05 Å². The lowest BCUT2D eigenvalue weighted by molar-refractivity contribution is 0.0699. The summed E-state index contributed by atoms with van der Waals surface area (Å²) in [6.45, 7) is 1.79. The molecule has 1 aliphatic heterocycles. The zero-order chi connectivity index (χ0) is 14.1. The van der Waals surface area contributed by atoms with Crippen LogP contribution in [0.5, 0.6) is 0 Å². The molecule has 1 aliphatic rings. The van der Waals surface area contributed by atoms with E-state index in [1.165, 1.54) is 6.20 Å². The first-order chi connectivity index (χ1) is 9.69. The second kappa shape index (κ2) is 5.09. The van der Waals surface area contributed by atoms with Crippen molar-refractivity contribution in [2.75, 3.05) is 25.0 Å². The second-order valence-electron chi connectivity index (χ2n) is 5.01. The van der Waals surface area contributed by atoms with Gasteiger partial charge in [0.15, 0.2) is 5.65 Å². The molecule has 20 heavy (non-hydrogen) atoms. The van der Waals surface area contributed by atoms with Crippen molar-refractivity contribution in [1.29, 1.82) is 0 Å². The van der Waals surface area contributed by atoms with E-state index in [2.05, 4.69) is 25.2 Å². The molecular formula is C13H17N5O2. The van der Waals surface area contributed by atoms with Crippen LogP contribution in [0, 0.1) is 0 Å². The zero-order valence-corrected chi connectivity index (χ0v) is 11.3. The van der Waals surface area contributed by atoms with Crippen LogP contribution in [0.25, 0.3) is 11.2 Å². The number of aromatic carboxylic acids is 1. The zero-order valence-electron chi connectivity index (χ0n) is 11.3. The molecule has 0 amide bonds. The van der Waals surface area contributed by atoms with Crippen LogP contribution in [0.1, 0.15) is 23.2 Å². The Hall–Kier alpha value is -2.15. The quantitative estimate of drug-likeness (QED) is 0.768. The summed E-state index contributed by atoms with van der Waals surface area (Å²) >= 11 is 0. The normalized spacial score (nSPS) is 19.4. The smallest absolute Gasteiger partial charge is 0.339 e. The molecule has 2 aromatic heterocycles. The first-order valence-corrected chi connectivity index (χ1v) is 6.68. The van der Waals surface area contributed by atoms with Crippen molar-refractivity contribution in [2.45, 2.75) is 18.9 Å². The number of carboxylic acid groups (broad SMARTS) is 1. The summed E-state index contributed by atoms with van der Waals surface area (Å²) in [6, 6.07) is 0.436. The number of aromatic amines is 1. The summed E-state index contributed by atoms with van der Waals surface area (Å²) in [5.41, 5.74) is 1.09. The molecule has 1 saturated heterocycles. The van der Waals surface area contributed by atoms with Gasteiger partial charge in [0.1, 0.15) is 16.9 Å². The lowest BCUT2D eigenvalue weighted by Crippen LogP contribution is -2.44. The number of carbonyl (C=O) groups is 1. The second-order valence-corrected chi connectivity index (χ2v) is 5.01. The number of H-pyrrole nitrogens is 1. The van der Waals surface area contributed by atoms with Crippen molar-refractivity contribution in [3.8, 4) is 0 Å². The number of hydrogen-bond donors (Lipinski definition) is 3. The van der Waals surface area contributed by atoms with Crippen molar-refractivity contribution < 1.29 is 9.90 Å². The fraction of sp³-hybridized carbons (Fsp3) is 0.462. The molecule has 0 saturated carbocycles. The molecule has 2 aromatic rings. The molecule has 3 N–H and O–H groups in total. The van der Waals surface area contributed by atoms with E-state index in [9.17, 15) is 4.79 Å². The maximum atomic E-state index is 11.2. The highest BCUT2D eigenvalue weighted by Crippen LogP contribution is 2.21. The van der Waals surface area contributed by atoms with Crippen LogP contribution in [-0.2, 0) is 0 Å². The topological polar surface area (TPSA) is 94.1 Å². The monoisotopic (exact) mass is 275 g/mol. The molecule has 1 unspecified atom stereocenters. The molecule has 3 heterocycles. The maximum Gasteiger partial charge on any atom is 0.339 e. The average molecular weight is 275 g/mol. The highest BCUT2D eigenvalue weighted by molar-refractivity contribution is 6.00. The van der Waals surface area contributed by atoms with E-state index in [0.29, 0.717) is 17.2 Å². The van der Waals surface area contributed by atoms with E-state index < -0.39 is 5.97 Å². The van der Waals surface area contributed by atoms with Crippen molar-refractivity contribution in [3.63, 3.8) is 0 Å². The van der Waals surface area contributed by atoms with Gasteiger partial charge >= 0.3 is 5.97 Å². The molecule has 0 aliphatic carbocycles. The summed E-state index contributed by atoms with van der Waals surface area (Å²) in [4.78, 5) is 24.9. The number of carboxylic acids is 1. The Kier molecular flexibility index (Phi) is 3.27. The average Bonchev–Trinajstić information content (AvgIpc) is 2.90. The van der Waals surface area contributed by atoms with Crippen LogP contribution in [0.4, 0.5) is 5.82 Å².